The van der Waals surface area contributed by atoms with E-state index in [2.05, 4.69) is 42.8 Å². The van der Waals surface area contributed by atoms with E-state index in [-0.39, 0.29) is 0 Å². The number of nitrogens with one attached hydrogen (secondary N) is 1. The first kappa shape index (κ1) is 13.9. The van der Waals surface area contributed by atoms with E-state index in [9.17, 15) is 0 Å². The molecular weight excluding hydrogens is 198 g/mol. The molecule has 0 aliphatic carbocycles. The van der Waals surface area contributed by atoms with Crippen molar-refractivity contribution in [1.82, 2.24) is 15.1 Å². The minimum atomic E-state index is 0.600. The molecule has 1 aliphatic rings. The summed E-state index contributed by atoms with van der Waals surface area (Å²) >= 11 is 0. The lowest BCUT2D eigenvalue weighted by Crippen LogP contribution is -2.54. The van der Waals surface area contributed by atoms with Crippen LogP contribution in [0.2, 0.25) is 0 Å². The Morgan fingerprint density at radius 2 is 1.69 bits per heavy atom. The third-order valence-electron chi connectivity index (χ3n) is 3.77. The lowest BCUT2D eigenvalue weighted by molar-refractivity contribution is 0.0888. The van der Waals surface area contributed by atoms with Gasteiger partial charge in [-0.15, -0.1) is 0 Å². The van der Waals surface area contributed by atoms with Crippen LogP contribution in [0.1, 0.15) is 34.1 Å². The highest BCUT2D eigenvalue weighted by Crippen LogP contribution is 2.09. The van der Waals surface area contributed by atoms with Crippen LogP contribution in [0.4, 0.5) is 0 Å². The van der Waals surface area contributed by atoms with E-state index in [1.54, 1.807) is 0 Å². The molecule has 0 aromatic rings. The van der Waals surface area contributed by atoms with Crippen LogP contribution in [-0.2, 0) is 0 Å². The molecule has 1 rings (SSSR count). The van der Waals surface area contributed by atoms with E-state index >= 15 is 0 Å². The van der Waals surface area contributed by atoms with Crippen LogP contribution in [0, 0.1) is 0 Å². The lowest BCUT2D eigenvalue weighted by Gasteiger charge is -2.40. The molecule has 1 saturated heterocycles. The van der Waals surface area contributed by atoms with Crippen LogP contribution in [0.15, 0.2) is 0 Å². The topological polar surface area (TPSA) is 18.5 Å². The molecule has 1 heterocycles. The third-order valence-corrected chi connectivity index (χ3v) is 3.77. The maximum Gasteiger partial charge on any atom is 0.0219 e. The quantitative estimate of drug-likeness (QED) is 0.740. The molecule has 1 N–H and O–H groups in total. The minimum Gasteiger partial charge on any atom is -0.313 e. The summed E-state index contributed by atoms with van der Waals surface area (Å²) in [6, 6.07) is 1.26. The van der Waals surface area contributed by atoms with Gasteiger partial charge in [-0.1, -0.05) is 13.8 Å². The van der Waals surface area contributed by atoms with Crippen molar-refractivity contribution in [3.8, 4) is 0 Å². The largest absolute Gasteiger partial charge is 0.313 e. The molecule has 0 saturated carbocycles. The summed E-state index contributed by atoms with van der Waals surface area (Å²) < 4.78 is 0. The van der Waals surface area contributed by atoms with Crippen molar-refractivity contribution in [2.75, 3.05) is 39.3 Å². The van der Waals surface area contributed by atoms with Crippen LogP contribution in [0.3, 0.4) is 0 Å². The molecule has 0 bridgehead atoms. The Morgan fingerprint density at radius 3 is 2.19 bits per heavy atom. The minimum absolute atomic E-state index is 0.600. The van der Waals surface area contributed by atoms with Crippen molar-refractivity contribution in [3.05, 3.63) is 0 Å². The Bertz CT molecular complexity index is 176. The molecule has 16 heavy (non-hydrogen) atoms. The van der Waals surface area contributed by atoms with Crippen molar-refractivity contribution in [1.29, 1.82) is 0 Å². The fourth-order valence-electron chi connectivity index (χ4n) is 2.52. The normalized spacial score (nSPS) is 23.2. The molecular formula is C13H29N3. The number of rotatable bonds is 6. The zero-order valence-electron chi connectivity index (χ0n) is 11.5. The van der Waals surface area contributed by atoms with Crippen LogP contribution >= 0.6 is 0 Å². The monoisotopic (exact) mass is 227 g/mol. The van der Waals surface area contributed by atoms with Crippen molar-refractivity contribution in [2.24, 2.45) is 0 Å². The summed E-state index contributed by atoms with van der Waals surface area (Å²) in [5.74, 6) is 0. The molecule has 2 unspecified atom stereocenters. The van der Waals surface area contributed by atoms with E-state index in [4.69, 9.17) is 0 Å². The van der Waals surface area contributed by atoms with E-state index in [0.717, 1.165) is 6.54 Å². The number of piperazine rings is 1. The van der Waals surface area contributed by atoms with Crippen molar-refractivity contribution < 1.29 is 0 Å². The van der Waals surface area contributed by atoms with Gasteiger partial charge in [0.25, 0.3) is 0 Å². The predicted octanol–water partition coefficient (Wildman–Crippen LogP) is 1.40. The highest BCUT2D eigenvalue weighted by molar-refractivity contribution is 4.81. The average Bonchev–Trinajstić information content (AvgIpc) is 2.30. The summed E-state index contributed by atoms with van der Waals surface area (Å²) in [5.41, 5.74) is 0. The molecule has 0 aromatic carbocycles. The van der Waals surface area contributed by atoms with Gasteiger partial charge in [0.1, 0.15) is 0 Å². The Labute approximate surface area is 101 Å². The van der Waals surface area contributed by atoms with Gasteiger partial charge in [-0.3, -0.25) is 4.90 Å². The van der Waals surface area contributed by atoms with Gasteiger partial charge in [-0.05, 0) is 33.4 Å². The highest BCUT2D eigenvalue weighted by atomic mass is 15.3. The van der Waals surface area contributed by atoms with Gasteiger partial charge >= 0.3 is 0 Å². The molecule has 3 nitrogen and oxygen atoms in total. The third kappa shape index (κ3) is 4.04. The predicted molar refractivity (Wildman–Crippen MR) is 70.9 cm³/mol. The van der Waals surface area contributed by atoms with Gasteiger partial charge in [-0.2, -0.15) is 0 Å². The fourth-order valence-corrected chi connectivity index (χ4v) is 2.52. The second kappa shape index (κ2) is 7.25. The van der Waals surface area contributed by atoms with Crippen molar-refractivity contribution in [2.45, 2.75) is 46.2 Å². The Hall–Kier alpha value is -0.120. The van der Waals surface area contributed by atoms with E-state index in [1.165, 1.54) is 39.1 Å². The van der Waals surface area contributed by atoms with Crippen LogP contribution < -0.4 is 5.32 Å². The summed E-state index contributed by atoms with van der Waals surface area (Å²) in [7, 11) is 0. The van der Waals surface area contributed by atoms with Gasteiger partial charge in [-0.25, -0.2) is 0 Å². The zero-order chi connectivity index (χ0) is 12.0. The summed E-state index contributed by atoms with van der Waals surface area (Å²) in [5, 5.41) is 3.52. The first-order valence-corrected chi connectivity index (χ1v) is 6.88. The number of hydrogen-bond acceptors (Lipinski definition) is 3. The molecule has 0 spiro atoms. The van der Waals surface area contributed by atoms with Gasteiger partial charge < -0.3 is 10.2 Å². The van der Waals surface area contributed by atoms with Crippen LogP contribution in [0.5, 0.6) is 0 Å². The molecule has 3 heteroatoms. The second-order valence-electron chi connectivity index (χ2n) is 4.96. The average molecular weight is 227 g/mol. The van der Waals surface area contributed by atoms with Gasteiger partial charge in [0.05, 0.1) is 0 Å². The van der Waals surface area contributed by atoms with Gasteiger partial charge in [0.15, 0.2) is 0 Å². The standard InChI is InChI=1S/C13H29N3/c1-5-7-15-8-10-16(11-9-15)13(4)12(3)14-6-2/h12-14H,5-11H2,1-4H3. The lowest BCUT2D eigenvalue weighted by atomic mass is 10.1. The van der Waals surface area contributed by atoms with Crippen molar-refractivity contribution >= 4 is 0 Å². The fraction of sp³-hybridized carbons (Fsp3) is 1.00. The zero-order valence-corrected chi connectivity index (χ0v) is 11.5. The first-order valence-electron chi connectivity index (χ1n) is 6.88. The number of likely N-dealkylation sites (N-methyl/N-ethyl adjacent to an activating group) is 1. The molecule has 0 aromatic heterocycles. The molecule has 1 aliphatic heterocycles. The van der Waals surface area contributed by atoms with E-state index in [1.807, 2.05) is 0 Å². The molecule has 0 amide bonds. The van der Waals surface area contributed by atoms with Gasteiger partial charge in [0, 0.05) is 38.3 Å². The first-order chi connectivity index (χ1) is 7.69. The second-order valence-corrected chi connectivity index (χ2v) is 4.96. The number of nitrogens with zero attached hydrogens (tertiary/aromatic N) is 2. The highest BCUT2D eigenvalue weighted by Gasteiger charge is 2.23. The maximum absolute atomic E-state index is 3.52. The number of hydrogen-bond donors (Lipinski definition) is 1. The maximum atomic E-state index is 3.52. The molecule has 1 fully saturated rings. The molecule has 96 valence electrons. The van der Waals surface area contributed by atoms with E-state index < -0.39 is 0 Å². The summed E-state index contributed by atoms with van der Waals surface area (Å²) in [6.07, 6.45) is 1.28. The van der Waals surface area contributed by atoms with Crippen LogP contribution in [-0.4, -0.2) is 61.2 Å². The summed E-state index contributed by atoms with van der Waals surface area (Å²) in [6.45, 7) is 16.4. The van der Waals surface area contributed by atoms with Crippen LogP contribution in [0.25, 0.3) is 0 Å². The Morgan fingerprint density at radius 1 is 1.06 bits per heavy atom. The smallest absolute Gasteiger partial charge is 0.0219 e. The SMILES string of the molecule is CCCN1CCN(C(C)C(C)NCC)CC1. The van der Waals surface area contributed by atoms with Crippen molar-refractivity contribution in [3.63, 3.8) is 0 Å². The van der Waals surface area contributed by atoms with E-state index in [0.29, 0.717) is 12.1 Å². The van der Waals surface area contributed by atoms with Gasteiger partial charge in [0.2, 0.25) is 0 Å². The summed E-state index contributed by atoms with van der Waals surface area (Å²) in [4.78, 5) is 5.21. The molecule has 0 radical (unpaired) electrons. The Balaban J connectivity index is 2.29. The Kier molecular flexibility index (Phi) is 6.32. The molecule has 2 atom stereocenters.